The fraction of sp³-hybridized carbons (Fsp3) is 0.0435. The van der Waals surface area contributed by atoms with Crippen molar-refractivity contribution in [1.82, 2.24) is 4.98 Å². The summed E-state index contributed by atoms with van der Waals surface area (Å²) in [6.07, 6.45) is 2.12. The summed E-state index contributed by atoms with van der Waals surface area (Å²) in [5.74, 6) is -0.379. The minimum absolute atomic E-state index is 0.0368. The van der Waals surface area contributed by atoms with E-state index in [1.54, 1.807) is 0 Å². The first kappa shape index (κ1) is 16.2. The van der Waals surface area contributed by atoms with E-state index in [4.69, 9.17) is 0 Å². The summed E-state index contributed by atoms with van der Waals surface area (Å²) in [6, 6.07) is 23.7. The summed E-state index contributed by atoms with van der Waals surface area (Å²) in [7, 11) is 0. The molecule has 3 heteroatoms. The van der Waals surface area contributed by atoms with Gasteiger partial charge in [0.15, 0.2) is 5.78 Å². The molecule has 126 valence electrons. The summed E-state index contributed by atoms with van der Waals surface area (Å²) in [4.78, 5) is 16.9. The van der Waals surface area contributed by atoms with Crippen LogP contribution < -0.4 is 0 Å². The molecule has 0 bridgehead atoms. The molecule has 0 N–H and O–H groups in total. The number of benzene rings is 3. The fourth-order valence-corrected chi connectivity index (χ4v) is 2.99. The van der Waals surface area contributed by atoms with Crippen LogP contribution >= 0.6 is 0 Å². The van der Waals surface area contributed by atoms with Crippen LogP contribution in [0.15, 0.2) is 85.1 Å². The maximum absolute atomic E-state index is 13.0. The van der Waals surface area contributed by atoms with Gasteiger partial charge in [-0.3, -0.25) is 9.78 Å². The van der Waals surface area contributed by atoms with Crippen LogP contribution in [0.3, 0.4) is 0 Å². The number of carbonyl (C=O) groups is 1. The number of rotatable bonds is 4. The third-order valence-electron chi connectivity index (χ3n) is 4.39. The van der Waals surface area contributed by atoms with E-state index in [1.165, 1.54) is 24.3 Å². The Kier molecular flexibility index (Phi) is 4.28. The zero-order valence-electron chi connectivity index (χ0n) is 14.0. The van der Waals surface area contributed by atoms with Crippen LogP contribution in [0.25, 0.3) is 22.0 Å². The van der Waals surface area contributed by atoms with Gasteiger partial charge in [-0.2, -0.15) is 0 Å². The van der Waals surface area contributed by atoms with Crippen molar-refractivity contribution in [2.45, 2.75) is 6.42 Å². The van der Waals surface area contributed by atoms with Crippen molar-refractivity contribution in [1.29, 1.82) is 0 Å². The van der Waals surface area contributed by atoms with Crippen LogP contribution in [0.2, 0.25) is 0 Å². The Labute approximate surface area is 151 Å². The van der Waals surface area contributed by atoms with E-state index in [0.717, 1.165) is 27.6 Å². The zero-order valence-corrected chi connectivity index (χ0v) is 14.0. The van der Waals surface area contributed by atoms with E-state index < -0.39 is 0 Å². The molecule has 26 heavy (non-hydrogen) atoms. The van der Waals surface area contributed by atoms with Gasteiger partial charge in [0, 0.05) is 29.1 Å². The van der Waals surface area contributed by atoms with Crippen molar-refractivity contribution in [2.75, 3.05) is 0 Å². The lowest BCUT2D eigenvalue weighted by Gasteiger charge is -2.06. The monoisotopic (exact) mass is 341 g/mol. The average molecular weight is 341 g/mol. The Hall–Kier alpha value is -3.33. The molecule has 0 fully saturated rings. The van der Waals surface area contributed by atoms with Crippen molar-refractivity contribution in [3.8, 4) is 11.1 Å². The number of carbonyl (C=O) groups excluding carboxylic acids is 1. The number of hydrogen-bond acceptors (Lipinski definition) is 2. The van der Waals surface area contributed by atoms with Gasteiger partial charge in [0.25, 0.3) is 0 Å². The Balaban J connectivity index is 1.60. The summed E-state index contributed by atoms with van der Waals surface area (Å²) in [6.45, 7) is 0. The number of nitrogens with zero attached hydrogens (tertiary/aromatic N) is 1. The number of Topliss-reactive ketones (excluding diaryl/α,β-unsaturated/α-hetero) is 1. The van der Waals surface area contributed by atoms with E-state index in [-0.39, 0.29) is 18.0 Å². The quantitative estimate of drug-likeness (QED) is 0.461. The van der Waals surface area contributed by atoms with Crippen LogP contribution in [0.5, 0.6) is 0 Å². The van der Waals surface area contributed by atoms with E-state index in [0.29, 0.717) is 5.56 Å². The van der Waals surface area contributed by atoms with Gasteiger partial charge in [-0.15, -0.1) is 0 Å². The molecule has 0 aliphatic carbocycles. The second-order valence-electron chi connectivity index (χ2n) is 6.22. The number of hydrogen-bond donors (Lipinski definition) is 0. The van der Waals surface area contributed by atoms with Gasteiger partial charge in [-0.05, 0) is 47.5 Å². The number of halogens is 1. The zero-order chi connectivity index (χ0) is 17.9. The van der Waals surface area contributed by atoms with Crippen molar-refractivity contribution >= 4 is 16.7 Å². The van der Waals surface area contributed by atoms with E-state index >= 15 is 0 Å². The maximum Gasteiger partial charge on any atom is 0.167 e. The third kappa shape index (κ3) is 3.38. The number of ketones is 1. The predicted octanol–water partition coefficient (Wildman–Crippen LogP) is 5.47. The molecule has 2 nitrogen and oxygen atoms in total. The third-order valence-corrected chi connectivity index (χ3v) is 4.39. The second kappa shape index (κ2) is 6.89. The molecule has 0 aliphatic heterocycles. The van der Waals surface area contributed by atoms with Crippen molar-refractivity contribution in [2.24, 2.45) is 0 Å². The SMILES string of the molecule is O=C(Cc1ccc2cc(-c3ccccc3)cnc2c1)c1ccc(F)cc1. The summed E-state index contributed by atoms with van der Waals surface area (Å²) in [5.41, 5.74) is 4.45. The molecule has 0 amide bonds. The molecule has 0 spiro atoms. The van der Waals surface area contributed by atoms with Gasteiger partial charge in [0.2, 0.25) is 0 Å². The molecule has 0 aliphatic rings. The normalized spacial score (nSPS) is 10.8. The number of aromatic nitrogens is 1. The molecule has 0 unspecified atom stereocenters. The van der Waals surface area contributed by atoms with Gasteiger partial charge in [0.1, 0.15) is 5.82 Å². The highest BCUT2D eigenvalue weighted by Crippen LogP contribution is 2.23. The first-order valence-corrected chi connectivity index (χ1v) is 8.42. The molecule has 1 aromatic heterocycles. The van der Waals surface area contributed by atoms with Crippen LogP contribution in [0.4, 0.5) is 4.39 Å². The minimum atomic E-state index is -0.342. The van der Waals surface area contributed by atoms with Gasteiger partial charge in [0.05, 0.1) is 5.52 Å². The molecule has 0 atom stereocenters. The molecule has 4 rings (SSSR count). The number of pyridine rings is 1. The first-order chi connectivity index (χ1) is 12.7. The molecule has 4 aromatic rings. The van der Waals surface area contributed by atoms with Crippen LogP contribution in [-0.2, 0) is 6.42 Å². The minimum Gasteiger partial charge on any atom is -0.294 e. The molecule has 0 radical (unpaired) electrons. The number of fused-ring (bicyclic) bond motifs is 1. The van der Waals surface area contributed by atoms with E-state index in [9.17, 15) is 9.18 Å². The van der Waals surface area contributed by atoms with Gasteiger partial charge in [-0.1, -0.05) is 42.5 Å². The van der Waals surface area contributed by atoms with Crippen molar-refractivity contribution in [3.05, 3.63) is 102 Å². The lowest BCUT2D eigenvalue weighted by Crippen LogP contribution is -2.03. The van der Waals surface area contributed by atoms with E-state index in [2.05, 4.69) is 23.2 Å². The topological polar surface area (TPSA) is 30.0 Å². The highest BCUT2D eigenvalue weighted by molar-refractivity contribution is 5.98. The molecule has 0 saturated carbocycles. The summed E-state index contributed by atoms with van der Waals surface area (Å²) < 4.78 is 13.0. The molecular formula is C23H16FNO. The Morgan fingerprint density at radius 3 is 2.38 bits per heavy atom. The highest BCUT2D eigenvalue weighted by atomic mass is 19.1. The van der Waals surface area contributed by atoms with E-state index in [1.807, 2.05) is 42.6 Å². The van der Waals surface area contributed by atoms with Crippen LogP contribution in [0, 0.1) is 5.82 Å². The largest absolute Gasteiger partial charge is 0.294 e. The Morgan fingerprint density at radius 2 is 1.62 bits per heavy atom. The molecular weight excluding hydrogens is 325 g/mol. The maximum atomic E-state index is 13.0. The van der Waals surface area contributed by atoms with Gasteiger partial charge in [-0.25, -0.2) is 4.39 Å². The highest BCUT2D eigenvalue weighted by Gasteiger charge is 2.09. The lowest BCUT2D eigenvalue weighted by atomic mass is 10.0. The van der Waals surface area contributed by atoms with Gasteiger partial charge >= 0.3 is 0 Å². The molecule has 0 saturated heterocycles. The molecule has 3 aromatic carbocycles. The van der Waals surface area contributed by atoms with Crippen molar-refractivity contribution < 1.29 is 9.18 Å². The van der Waals surface area contributed by atoms with Crippen molar-refractivity contribution in [3.63, 3.8) is 0 Å². The summed E-state index contributed by atoms with van der Waals surface area (Å²) >= 11 is 0. The Bertz CT molecular complexity index is 1070. The van der Waals surface area contributed by atoms with Gasteiger partial charge < -0.3 is 0 Å². The summed E-state index contributed by atoms with van der Waals surface area (Å²) in [5, 5.41) is 1.03. The second-order valence-corrected chi connectivity index (χ2v) is 6.22. The smallest absolute Gasteiger partial charge is 0.167 e. The predicted molar refractivity (Wildman–Crippen MR) is 102 cm³/mol. The lowest BCUT2D eigenvalue weighted by molar-refractivity contribution is 0.0993. The average Bonchev–Trinajstić information content (AvgIpc) is 2.69. The van der Waals surface area contributed by atoms with Crippen LogP contribution in [-0.4, -0.2) is 10.8 Å². The standard InChI is InChI=1S/C23H16FNO/c24-21-10-8-18(9-11-21)23(26)13-16-6-7-19-14-20(15-25-22(19)12-16)17-4-2-1-3-5-17/h1-12,14-15H,13H2. The fourth-order valence-electron chi connectivity index (χ4n) is 2.99. The first-order valence-electron chi connectivity index (χ1n) is 8.42. The molecule has 1 heterocycles. The Morgan fingerprint density at radius 1 is 0.846 bits per heavy atom. The van der Waals surface area contributed by atoms with Crippen LogP contribution in [0.1, 0.15) is 15.9 Å².